The van der Waals surface area contributed by atoms with Gasteiger partial charge in [-0.2, -0.15) is 11.3 Å². The topological polar surface area (TPSA) is 52.6 Å². The number of carbonyl (C=O) groups excluding carboxylic acids is 1. The maximum atomic E-state index is 12.4. The molecule has 0 saturated carbocycles. The van der Waals surface area contributed by atoms with Crippen LogP contribution in [-0.2, 0) is 6.54 Å². The van der Waals surface area contributed by atoms with Crippen molar-refractivity contribution in [3.8, 4) is 0 Å². The monoisotopic (exact) mass is 346 g/mol. The normalized spacial score (nSPS) is 12.2. The van der Waals surface area contributed by atoms with E-state index < -0.39 is 0 Å². The molecule has 2 rings (SSSR count). The Hall–Kier alpha value is -1.85. The van der Waals surface area contributed by atoms with Gasteiger partial charge >= 0.3 is 6.03 Å². The third-order valence-corrected chi connectivity index (χ3v) is 4.80. The Kier molecular flexibility index (Phi) is 6.82. The van der Waals surface area contributed by atoms with Crippen molar-refractivity contribution in [3.05, 3.63) is 57.8 Å². The third kappa shape index (κ3) is 5.08. The summed E-state index contributed by atoms with van der Waals surface area (Å²) >= 11 is 1.62. The van der Waals surface area contributed by atoms with E-state index in [1.54, 1.807) is 23.3 Å². The fourth-order valence-electron chi connectivity index (χ4n) is 2.55. The zero-order chi connectivity index (χ0) is 17.5. The van der Waals surface area contributed by atoms with Crippen molar-refractivity contribution in [2.75, 3.05) is 13.7 Å². The minimum atomic E-state index is -0.186. The van der Waals surface area contributed by atoms with Crippen molar-refractivity contribution in [1.29, 1.82) is 0 Å². The summed E-state index contributed by atoms with van der Waals surface area (Å²) in [5.74, 6) is 0.474. The molecule has 0 bridgehead atoms. The predicted molar refractivity (Wildman–Crippen MR) is 99.3 cm³/mol. The molecule has 0 fully saturated rings. The van der Waals surface area contributed by atoms with Crippen LogP contribution in [0.3, 0.4) is 0 Å². The smallest absolute Gasteiger partial charge is 0.317 e. The van der Waals surface area contributed by atoms with Gasteiger partial charge in [-0.1, -0.05) is 38.1 Å². The Morgan fingerprint density at radius 2 is 1.88 bits per heavy atom. The average molecular weight is 346 g/mol. The van der Waals surface area contributed by atoms with Gasteiger partial charge in [-0.15, -0.1) is 0 Å². The highest BCUT2D eigenvalue weighted by atomic mass is 32.1. The molecule has 4 nitrogen and oxygen atoms in total. The summed E-state index contributed by atoms with van der Waals surface area (Å²) < 4.78 is 0. The van der Waals surface area contributed by atoms with Crippen LogP contribution in [0.5, 0.6) is 0 Å². The Labute approximate surface area is 148 Å². The largest absolute Gasteiger partial charge is 0.396 e. The third-order valence-electron chi connectivity index (χ3n) is 4.07. The Bertz CT molecular complexity index is 623. The predicted octanol–water partition coefficient (Wildman–Crippen LogP) is 4.14. The van der Waals surface area contributed by atoms with Gasteiger partial charge in [0.1, 0.15) is 0 Å². The van der Waals surface area contributed by atoms with Crippen molar-refractivity contribution in [1.82, 2.24) is 10.2 Å². The van der Waals surface area contributed by atoms with Gasteiger partial charge in [0.25, 0.3) is 0 Å². The van der Waals surface area contributed by atoms with Gasteiger partial charge < -0.3 is 15.3 Å². The van der Waals surface area contributed by atoms with Crippen LogP contribution < -0.4 is 5.32 Å². The molecular formula is C19H26N2O2S. The van der Waals surface area contributed by atoms with Crippen LogP contribution in [0.2, 0.25) is 0 Å². The van der Waals surface area contributed by atoms with Crippen LogP contribution in [-0.4, -0.2) is 29.7 Å². The molecule has 1 aromatic heterocycles. The summed E-state index contributed by atoms with van der Waals surface area (Å²) in [6, 6.07) is 9.95. The van der Waals surface area contributed by atoms with E-state index in [1.807, 2.05) is 29.0 Å². The Morgan fingerprint density at radius 1 is 1.21 bits per heavy atom. The maximum absolute atomic E-state index is 12.4. The second kappa shape index (κ2) is 8.85. The highest BCUT2D eigenvalue weighted by Gasteiger charge is 2.17. The summed E-state index contributed by atoms with van der Waals surface area (Å²) in [4.78, 5) is 14.1. The van der Waals surface area contributed by atoms with E-state index in [1.165, 1.54) is 5.56 Å². The SMILES string of the molecule is CC(C)c1ccc([C@H](CCO)NC(=O)N(C)Cc2ccsc2)cc1. The van der Waals surface area contributed by atoms with E-state index in [-0.39, 0.29) is 18.7 Å². The lowest BCUT2D eigenvalue weighted by molar-refractivity contribution is 0.198. The van der Waals surface area contributed by atoms with E-state index in [0.29, 0.717) is 18.9 Å². The van der Waals surface area contributed by atoms with Crippen LogP contribution >= 0.6 is 11.3 Å². The standard InChI is InChI=1S/C19H26N2O2S/c1-14(2)16-4-6-17(7-5-16)18(8-10-22)20-19(23)21(3)12-15-9-11-24-13-15/h4-7,9,11,13-14,18,22H,8,10,12H2,1-3H3,(H,20,23)/t18-/m0/s1. The lowest BCUT2D eigenvalue weighted by atomic mass is 9.98. The van der Waals surface area contributed by atoms with E-state index in [4.69, 9.17) is 0 Å². The van der Waals surface area contributed by atoms with Crippen molar-refractivity contribution < 1.29 is 9.90 Å². The number of rotatable bonds is 7. The Morgan fingerprint density at radius 3 is 2.42 bits per heavy atom. The maximum Gasteiger partial charge on any atom is 0.317 e. The van der Waals surface area contributed by atoms with Crippen molar-refractivity contribution >= 4 is 17.4 Å². The molecule has 130 valence electrons. The number of amides is 2. The first-order valence-electron chi connectivity index (χ1n) is 8.24. The van der Waals surface area contributed by atoms with E-state index in [2.05, 4.69) is 31.3 Å². The van der Waals surface area contributed by atoms with Gasteiger partial charge in [0, 0.05) is 20.2 Å². The van der Waals surface area contributed by atoms with E-state index in [0.717, 1.165) is 11.1 Å². The zero-order valence-corrected chi connectivity index (χ0v) is 15.3. The molecule has 0 aliphatic carbocycles. The molecule has 5 heteroatoms. The van der Waals surface area contributed by atoms with E-state index >= 15 is 0 Å². The quantitative estimate of drug-likeness (QED) is 0.792. The number of hydrogen-bond donors (Lipinski definition) is 2. The fraction of sp³-hybridized carbons (Fsp3) is 0.421. The summed E-state index contributed by atoms with van der Waals surface area (Å²) in [6.45, 7) is 4.92. The molecule has 0 radical (unpaired) electrons. The number of urea groups is 1. The molecule has 1 atom stereocenters. The van der Waals surface area contributed by atoms with Gasteiger partial charge in [0.2, 0.25) is 0 Å². The second-order valence-electron chi connectivity index (χ2n) is 6.32. The summed E-state index contributed by atoms with van der Waals surface area (Å²) in [6.07, 6.45) is 0.499. The number of nitrogens with one attached hydrogen (secondary N) is 1. The molecule has 2 amide bonds. The van der Waals surface area contributed by atoms with Gasteiger partial charge in [0.05, 0.1) is 6.04 Å². The minimum absolute atomic E-state index is 0.0329. The average Bonchev–Trinajstić information content (AvgIpc) is 3.07. The summed E-state index contributed by atoms with van der Waals surface area (Å²) in [7, 11) is 1.78. The molecule has 2 N–H and O–H groups in total. The van der Waals surface area contributed by atoms with Crippen LogP contribution in [0.25, 0.3) is 0 Å². The molecular weight excluding hydrogens is 320 g/mol. The number of carbonyl (C=O) groups is 1. The van der Waals surface area contributed by atoms with Crippen molar-refractivity contribution in [2.45, 2.75) is 38.8 Å². The number of aliphatic hydroxyl groups is 1. The van der Waals surface area contributed by atoms with Crippen LogP contribution in [0.1, 0.15) is 48.9 Å². The van der Waals surface area contributed by atoms with Crippen molar-refractivity contribution in [2.24, 2.45) is 0 Å². The fourth-order valence-corrected chi connectivity index (χ4v) is 3.21. The second-order valence-corrected chi connectivity index (χ2v) is 7.10. The molecule has 1 aromatic carbocycles. The minimum Gasteiger partial charge on any atom is -0.396 e. The lowest BCUT2D eigenvalue weighted by Gasteiger charge is -2.24. The van der Waals surface area contributed by atoms with Crippen LogP contribution in [0.4, 0.5) is 4.79 Å². The molecule has 0 spiro atoms. The highest BCUT2D eigenvalue weighted by Crippen LogP contribution is 2.21. The highest BCUT2D eigenvalue weighted by molar-refractivity contribution is 7.07. The first kappa shape index (κ1) is 18.5. The molecule has 0 aliphatic heterocycles. The number of benzene rings is 1. The first-order valence-corrected chi connectivity index (χ1v) is 9.19. The molecule has 0 aliphatic rings. The molecule has 24 heavy (non-hydrogen) atoms. The van der Waals surface area contributed by atoms with Gasteiger partial charge in [-0.25, -0.2) is 4.79 Å². The van der Waals surface area contributed by atoms with Gasteiger partial charge in [-0.3, -0.25) is 0 Å². The Balaban J connectivity index is 2.02. The van der Waals surface area contributed by atoms with E-state index in [9.17, 15) is 9.90 Å². The first-order chi connectivity index (χ1) is 11.5. The molecule has 1 heterocycles. The lowest BCUT2D eigenvalue weighted by Crippen LogP contribution is -2.39. The molecule has 2 aromatic rings. The van der Waals surface area contributed by atoms with Gasteiger partial charge in [0.15, 0.2) is 0 Å². The number of thiophene rings is 1. The molecule has 0 saturated heterocycles. The summed E-state index contributed by atoms with van der Waals surface area (Å²) in [5.41, 5.74) is 3.41. The summed E-state index contributed by atoms with van der Waals surface area (Å²) in [5, 5.41) is 16.4. The molecule has 0 unspecified atom stereocenters. The van der Waals surface area contributed by atoms with Gasteiger partial charge in [-0.05, 0) is 45.9 Å². The van der Waals surface area contributed by atoms with Crippen LogP contribution in [0.15, 0.2) is 41.1 Å². The number of nitrogens with zero attached hydrogens (tertiary/aromatic N) is 1. The van der Waals surface area contributed by atoms with Crippen molar-refractivity contribution in [3.63, 3.8) is 0 Å². The number of aliphatic hydroxyl groups excluding tert-OH is 1. The van der Waals surface area contributed by atoms with Crippen LogP contribution in [0, 0.1) is 0 Å². The zero-order valence-electron chi connectivity index (χ0n) is 14.5. The number of hydrogen-bond acceptors (Lipinski definition) is 3.